The van der Waals surface area contributed by atoms with Gasteiger partial charge in [-0.05, 0) is 17.7 Å². The maximum absolute atomic E-state index is 12.7. The van der Waals surface area contributed by atoms with Gasteiger partial charge in [-0.1, -0.05) is 60.1 Å². The third-order valence-electron chi connectivity index (χ3n) is 12.9. The molecular formula is C48H46N4O14. The Labute approximate surface area is 376 Å². The summed E-state index contributed by atoms with van der Waals surface area (Å²) in [6.45, 7) is 0.00276. The van der Waals surface area contributed by atoms with Crippen LogP contribution in [-0.4, -0.2) is 109 Å². The maximum atomic E-state index is 12.7. The van der Waals surface area contributed by atoms with Crippen LogP contribution in [0.4, 0.5) is 0 Å². The first-order valence-corrected chi connectivity index (χ1v) is 21.4. The number of methoxy groups -OCH3 is 1. The maximum Gasteiger partial charge on any atom is 0.317 e. The second-order valence-electron chi connectivity index (χ2n) is 16.8. The lowest BCUT2D eigenvalue weighted by atomic mass is 9.75. The van der Waals surface area contributed by atoms with Gasteiger partial charge in [-0.15, -0.1) is 0 Å². The number of hydrogen-bond acceptors (Lipinski definition) is 15. The van der Waals surface area contributed by atoms with Crippen LogP contribution in [0.15, 0.2) is 67.0 Å². The van der Waals surface area contributed by atoms with Crippen molar-refractivity contribution in [2.24, 2.45) is 11.5 Å². The number of ether oxygens (including phenoxy) is 7. The second-order valence-corrected chi connectivity index (χ2v) is 16.8. The summed E-state index contributed by atoms with van der Waals surface area (Å²) in [5.74, 6) is 10.9. The zero-order valence-corrected chi connectivity index (χ0v) is 35.4. The van der Waals surface area contributed by atoms with Crippen molar-refractivity contribution < 1.29 is 68.3 Å². The molecule has 342 valence electrons. The lowest BCUT2D eigenvalue weighted by molar-refractivity contribution is -0.324. The minimum Gasteiger partial charge on any atom is -0.493 e. The van der Waals surface area contributed by atoms with Crippen LogP contribution in [0.1, 0.15) is 70.7 Å². The van der Waals surface area contributed by atoms with Gasteiger partial charge in [-0.2, -0.15) is 0 Å². The second kappa shape index (κ2) is 16.9. The number of aromatic amines is 1. The Balaban J connectivity index is 1.19. The number of carboxylic acid groups (broad SMARTS) is 1. The number of carboxylic acids is 1. The molecule has 18 nitrogen and oxygen atoms in total. The van der Waals surface area contributed by atoms with E-state index in [0.717, 1.165) is 22.0 Å². The van der Waals surface area contributed by atoms with E-state index in [1.165, 1.54) is 0 Å². The molecule has 8 heterocycles. The van der Waals surface area contributed by atoms with E-state index in [0.29, 0.717) is 46.2 Å². The third kappa shape index (κ3) is 7.15. The van der Waals surface area contributed by atoms with E-state index < -0.39 is 91.3 Å². The topological polar surface area (TPSA) is 273 Å². The molecule has 0 radical (unpaired) electrons. The number of aliphatic hydroxyl groups excluding tert-OH is 3. The van der Waals surface area contributed by atoms with Gasteiger partial charge < -0.3 is 79.7 Å². The largest absolute Gasteiger partial charge is 0.493 e. The number of esters is 1. The molecule has 6 bridgehead atoms. The summed E-state index contributed by atoms with van der Waals surface area (Å²) in [5.41, 5.74) is 14.0. The number of H-pyrrole nitrogens is 1. The number of benzene rings is 3. The van der Waals surface area contributed by atoms with Crippen LogP contribution in [0.25, 0.3) is 10.9 Å². The summed E-state index contributed by atoms with van der Waals surface area (Å²) in [7, 11) is 1.55. The normalized spacial score (nSPS) is 27.2. The quantitative estimate of drug-likeness (QED) is 0.0431. The number of rotatable bonds is 10. The Morgan fingerprint density at radius 3 is 2.62 bits per heavy atom. The van der Waals surface area contributed by atoms with Crippen LogP contribution in [0, 0.1) is 23.7 Å². The summed E-state index contributed by atoms with van der Waals surface area (Å²) in [5, 5.41) is 56.3. The Morgan fingerprint density at radius 1 is 1.05 bits per heavy atom. The summed E-state index contributed by atoms with van der Waals surface area (Å²) >= 11 is 0. The minimum atomic E-state index is -2.50. The molecule has 0 spiro atoms. The zero-order chi connectivity index (χ0) is 46.0. The summed E-state index contributed by atoms with van der Waals surface area (Å²) in [4.78, 5) is 27.2. The molecule has 10 N–H and O–H groups in total. The summed E-state index contributed by atoms with van der Waals surface area (Å²) in [6.07, 6.45) is -9.91. The van der Waals surface area contributed by atoms with Crippen molar-refractivity contribution in [1.29, 1.82) is 0 Å². The van der Waals surface area contributed by atoms with Crippen molar-refractivity contribution in [2.45, 2.75) is 98.9 Å². The van der Waals surface area contributed by atoms with Crippen molar-refractivity contribution >= 4 is 22.8 Å². The van der Waals surface area contributed by atoms with Crippen molar-refractivity contribution in [1.82, 2.24) is 9.55 Å². The highest BCUT2D eigenvalue weighted by Gasteiger charge is 2.60. The molecular weight excluding hydrogens is 857 g/mol. The molecule has 5 aromatic rings. The molecule has 0 aliphatic carbocycles. The first-order valence-electron chi connectivity index (χ1n) is 21.4. The first kappa shape index (κ1) is 43.2. The van der Waals surface area contributed by atoms with Crippen molar-refractivity contribution in [3.8, 4) is 52.4 Å². The van der Waals surface area contributed by atoms with Gasteiger partial charge in [0.1, 0.15) is 54.0 Å². The third-order valence-corrected chi connectivity index (χ3v) is 12.9. The van der Waals surface area contributed by atoms with Crippen LogP contribution in [0.5, 0.6) is 28.7 Å². The molecule has 10 unspecified atom stereocenters. The molecule has 6 aliphatic rings. The molecule has 0 amide bonds. The zero-order valence-electron chi connectivity index (χ0n) is 35.4. The number of nitrogens with one attached hydrogen (secondary N) is 1. The fourth-order valence-corrected chi connectivity index (χ4v) is 9.88. The number of nitrogens with zero attached hydrogens (tertiary/aromatic N) is 1. The first-order chi connectivity index (χ1) is 31.9. The number of nitrogens with two attached hydrogens (primary N) is 2. The average Bonchev–Trinajstić information content (AvgIpc) is 4.00. The van der Waals surface area contributed by atoms with Crippen molar-refractivity contribution in [3.05, 3.63) is 101 Å². The predicted molar refractivity (Wildman–Crippen MR) is 230 cm³/mol. The van der Waals surface area contributed by atoms with E-state index >= 15 is 0 Å². The monoisotopic (exact) mass is 902 g/mol. The highest BCUT2D eigenvalue weighted by atomic mass is 16.7. The fraction of sp³-hybridized carbons (Fsp3) is 0.375. The molecule has 1 fully saturated rings. The highest BCUT2D eigenvalue weighted by Crippen LogP contribution is 2.61. The van der Waals surface area contributed by atoms with Crippen molar-refractivity contribution in [2.75, 3.05) is 13.7 Å². The molecule has 66 heavy (non-hydrogen) atoms. The number of fused-ring (bicyclic) bond motifs is 6. The van der Waals surface area contributed by atoms with Gasteiger partial charge in [-0.3, -0.25) is 9.59 Å². The highest BCUT2D eigenvalue weighted by molar-refractivity contribution is 5.90. The van der Waals surface area contributed by atoms with Gasteiger partial charge in [-0.25, -0.2) is 0 Å². The van der Waals surface area contributed by atoms with Gasteiger partial charge >= 0.3 is 11.9 Å². The van der Waals surface area contributed by atoms with E-state index in [-0.39, 0.29) is 31.1 Å². The summed E-state index contributed by atoms with van der Waals surface area (Å²) < 4.78 is 46.4. The molecule has 1 saturated heterocycles. The molecule has 11 rings (SSSR count). The van der Waals surface area contributed by atoms with Gasteiger partial charge in [0.2, 0.25) is 12.0 Å². The lowest BCUT2D eigenvalue weighted by Crippen LogP contribution is -2.72. The van der Waals surface area contributed by atoms with Crippen LogP contribution in [-0.2, 0) is 32.2 Å². The van der Waals surface area contributed by atoms with Crippen LogP contribution in [0.3, 0.4) is 0 Å². The Bertz CT molecular complexity index is 2850. The number of carbonyl (C=O) groups excluding carboxylic acids is 1. The van der Waals surface area contributed by atoms with Crippen LogP contribution < -0.4 is 35.2 Å². The number of aliphatic hydroxyl groups is 4. The number of hydrogen-bond donors (Lipinski definition) is 8. The Kier molecular flexibility index (Phi) is 11.1. The van der Waals surface area contributed by atoms with E-state index in [4.69, 9.17) is 44.6 Å². The van der Waals surface area contributed by atoms with E-state index in [9.17, 15) is 35.1 Å². The molecule has 0 saturated carbocycles. The molecule has 6 aliphatic heterocycles. The predicted octanol–water partition coefficient (Wildman–Crippen LogP) is 2.01. The van der Waals surface area contributed by atoms with E-state index in [1.54, 1.807) is 19.4 Å². The SMILES string of the molecule is COc1ccc2c3c1OCCC#CC(c1ccccc1)C1Oc4cc5c(c(Cn6cc7cc[nH]c7c6CO)c4C(O3)C21)C#CCC1(O)C(O)C(O)C(O5)OC1C(OC(=O)CC(=O)O)C(N)N. The summed E-state index contributed by atoms with van der Waals surface area (Å²) in [6, 6.07) is 17.0. The lowest BCUT2D eigenvalue weighted by Gasteiger charge is -2.50. The molecule has 10 atom stereocenters. The standard InChI is InChI=1S/C48H46N4O14/c1-60-30-13-12-27-36-39-25(23-8-3-2-4-9-23)10-5-6-17-61-41(30)40(27)65-42(36)35-28(21-52-20-24-14-16-51-37(24)29(52)22-53)26-11-7-15-48(59)44(58)38(57)47(63-31(26)18-32(35)62-39)66-45(48)43(46(49)50)64-34(56)19-33(54)55/h2-4,8-9,12-14,16,18,20,25,36,38-39,42-47,51,53,57-59H,6,15,17,19,21-22,49-50H2,1H3,(H,54,55). The fourth-order valence-electron chi connectivity index (χ4n) is 9.88. The minimum absolute atomic E-state index is 0.0280. The van der Waals surface area contributed by atoms with Gasteiger partial charge in [0.15, 0.2) is 17.6 Å². The van der Waals surface area contributed by atoms with Gasteiger partial charge in [0.25, 0.3) is 0 Å². The molecule has 18 heteroatoms. The van der Waals surface area contributed by atoms with Crippen LogP contribution in [0.2, 0.25) is 0 Å². The van der Waals surface area contributed by atoms with E-state index in [2.05, 4.69) is 28.7 Å². The number of aromatic nitrogens is 2. The smallest absolute Gasteiger partial charge is 0.317 e. The number of carbonyl (C=O) groups is 2. The Morgan fingerprint density at radius 2 is 1.86 bits per heavy atom. The average molecular weight is 903 g/mol. The van der Waals surface area contributed by atoms with E-state index in [1.807, 2.05) is 59.3 Å². The van der Waals surface area contributed by atoms with Gasteiger partial charge in [0, 0.05) is 59.9 Å². The Hall–Kier alpha value is -6.74. The van der Waals surface area contributed by atoms with Crippen molar-refractivity contribution in [3.63, 3.8) is 0 Å². The molecule has 3 aromatic carbocycles. The number of aliphatic carboxylic acids is 1. The van der Waals surface area contributed by atoms with Crippen LogP contribution >= 0.6 is 0 Å². The van der Waals surface area contributed by atoms with Gasteiger partial charge in [0.05, 0.1) is 55.1 Å². The molecule has 2 aromatic heterocycles.